The van der Waals surface area contributed by atoms with Crippen LogP contribution in [0.5, 0.6) is 11.5 Å². The number of H-pyrrole nitrogens is 1. The summed E-state index contributed by atoms with van der Waals surface area (Å²) in [5, 5.41) is 14.0. The van der Waals surface area contributed by atoms with E-state index in [0.29, 0.717) is 31.5 Å². The quantitative estimate of drug-likeness (QED) is 0.315. The number of rotatable bonds is 10. The number of hydrogen-bond donors (Lipinski definition) is 1. The second-order valence-corrected chi connectivity index (χ2v) is 10.6. The molecule has 39 heavy (non-hydrogen) atoms. The molecule has 3 heterocycles. The number of fused-ring (bicyclic) bond motifs is 2. The molecule has 1 aliphatic carbocycles. The first-order chi connectivity index (χ1) is 19.2. The molecule has 4 aromatic rings. The number of ether oxygens (including phenoxy) is 2. The van der Waals surface area contributed by atoms with E-state index in [1.807, 2.05) is 28.9 Å². The minimum atomic E-state index is -0.0684. The molecule has 0 radical (unpaired) electrons. The molecule has 1 aliphatic heterocycles. The fourth-order valence-corrected chi connectivity index (χ4v) is 6.04. The molecule has 9 heteroatoms. The van der Waals surface area contributed by atoms with Crippen LogP contribution in [-0.4, -0.2) is 49.3 Å². The normalized spacial score (nSPS) is 16.3. The highest BCUT2D eigenvalue weighted by atomic mass is 16.6. The Bertz CT molecular complexity index is 1460. The van der Waals surface area contributed by atoms with Crippen molar-refractivity contribution in [3.8, 4) is 11.5 Å². The largest absolute Gasteiger partial charge is 0.486 e. The van der Waals surface area contributed by atoms with Gasteiger partial charge < -0.3 is 14.5 Å². The average molecular weight is 529 g/mol. The van der Waals surface area contributed by atoms with Gasteiger partial charge in [0.25, 0.3) is 5.56 Å². The van der Waals surface area contributed by atoms with Gasteiger partial charge in [0.2, 0.25) is 0 Å². The zero-order chi connectivity index (χ0) is 26.6. The molecule has 1 N–H and O–H groups in total. The number of nitrogens with one attached hydrogen (secondary N) is 1. The third-order valence-electron chi connectivity index (χ3n) is 8.01. The van der Waals surface area contributed by atoms with Crippen LogP contribution in [0.15, 0.2) is 53.3 Å². The van der Waals surface area contributed by atoms with Crippen LogP contribution in [0.2, 0.25) is 0 Å². The van der Waals surface area contributed by atoms with E-state index < -0.39 is 0 Å². The smallest absolute Gasteiger partial charge is 0.252 e. The molecule has 0 amide bonds. The van der Waals surface area contributed by atoms with Gasteiger partial charge in [-0.25, -0.2) is 4.68 Å². The lowest BCUT2D eigenvalue weighted by atomic mass is 10.0. The summed E-state index contributed by atoms with van der Waals surface area (Å²) in [6.45, 7) is 4.50. The molecule has 6 rings (SSSR count). The molecule has 2 aromatic heterocycles. The second kappa shape index (κ2) is 11.6. The zero-order valence-electron chi connectivity index (χ0n) is 22.5. The Morgan fingerprint density at radius 3 is 2.62 bits per heavy atom. The summed E-state index contributed by atoms with van der Waals surface area (Å²) < 4.78 is 13.5. The van der Waals surface area contributed by atoms with Crippen LogP contribution in [0.3, 0.4) is 0 Å². The summed E-state index contributed by atoms with van der Waals surface area (Å²) in [6.07, 6.45) is 7.43. The van der Waals surface area contributed by atoms with E-state index in [2.05, 4.69) is 56.6 Å². The lowest BCUT2D eigenvalue weighted by Crippen LogP contribution is -2.39. The summed E-state index contributed by atoms with van der Waals surface area (Å²) in [5.74, 6) is 2.28. The van der Waals surface area contributed by atoms with Crippen LogP contribution in [0, 0.1) is 0 Å². The third-order valence-corrected chi connectivity index (χ3v) is 8.01. The van der Waals surface area contributed by atoms with Gasteiger partial charge in [0, 0.05) is 36.1 Å². The van der Waals surface area contributed by atoms with E-state index in [0.717, 1.165) is 66.7 Å². The van der Waals surface area contributed by atoms with Gasteiger partial charge in [-0.3, -0.25) is 9.69 Å². The van der Waals surface area contributed by atoms with Crippen molar-refractivity contribution >= 4 is 10.9 Å². The van der Waals surface area contributed by atoms with Gasteiger partial charge in [-0.15, -0.1) is 5.10 Å². The maximum Gasteiger partial charge on any atom is 0.252 e. The van der Waals surface area contributed by atoms with Crippen LogP contribution in [0.25, 0.3) is 10.9 Å². The molecular weight excluding hydrogens is 492 g/mol. The van der Waals surface area contributed by atoms with E-state index in [4.69, 9.17) is 9.47 Å². The molecule has 1 fully saturated rings. The van der Waals surface area contributed by atoms with Gasteiger partial charge in [0.1, 0.15) is 13.2 Å². The van der Waals surface area contributed by atoms with Gasteiger partial charge >= 0.3 is 0 Å². The van der Waals surface area contributed by atoms with Crippen molar-refractivity contribution < 1.29 is 9.47 Å². The van der Waals surface area contributed by atoms with Crippen LogP contribution in [0.1, 0.15) is 68.4 Å². The van der Waals surface area contributed by atoms with Crippen LogP contribution >= 0.6 is 0 Å². The van der Waals surface area contributed by atoms with Crippen molar-refractivity contribution in [1.29, 1.82) is 0 Å². The summed E-state index contributed by atoms with van der Waals surface area (Å²) in [4.78, 5) is 18.9. The molecule has 0 unspecified atom stereocenters. The van der Waals surface area contributed by atoms with E-state index in [-0.39, 0.29) is 11.6 Å². The number of aryl methyl sites for hydroxylation is 2. The minimum Gasteiger partial charge on any atom is -0.486 e. The fraction of sp³-hybridized carbons (Fsp3) is 0.467. The Balaban J connectivity index is 1.32. The predicted molar refractivity (Wildman–Crippen MR) is 149 cm³/mol. The van der Waals surface area contributed by atoms with Gasteiger partial charge in [-0.05, 0) is 53.8 Å². The number of nitrogens with zero attached hydrogens (tertiary/aromatic N) is 5. The fourth-order valence-electron chi connectivity index (χ4n) is 6.04. The highest BCUT2D eigenvalue weighted by molar-refractivity contribution is 5.83. The van der Waals surface area contributed by atoms with Gasteiger partial charge in [0.15, 0.2) is 17.3 Å². The van der Waals surface area contributed by atoms with Gasteiger partial charge in [-0.1, -0.05) is 56.5 Å². The topological polar surface area (TPSA) is 98.2 Å². The number of pyridine rings is 1. The molecule has 0 saturated heterocycles. The molecule has 204 valence electrons. The van der Waals surface area contributed by atoms with Crippen LogP contribution in [0.4, 0.5) is 0 Å². The molecule has 0 bridgehead atoms. The molecule has 1 saturated carbocycles. The summed E-state index contributed by atoms with van der Waals surface area (Å²) in [5.41, 5.74) is 2.70. The van der Waals surface area contributed by atoms with E-state index >= 15 is 0 Å². The minimum absolute atomic E-state index is 0.0271. The van der Waals surface area contributed by atoms with E-state index in [9.17, 15) is 4.79 Å². The molecular formula is C30H36N6O3. The molecule has 0 spiro atoms. The Morgan fingerprint density at radius 2 is 1.85 bits per heavy atom. The molecule has 1 atom stereocenters. The highest BCUT2D eigenvalue weighted by Crippen LogP contribution is 2.36. The molecule has 2 aromatic carbocycles. The summed E-state index contributed by atoms with van der Waals surface area (Å²) in [6, 6.07) is 16.7. The van der Waals surface area contributed by atoms with Crippen molar-refractivity contribution in [3.63, 3.8) is 0 Å². The maximum atomic E-state index is 13.3. The lowest BCUT2D eigenvalue weighted by molar-refractivity contribution is 0.108. The van der Waals surface area contributed by atoms with E-state index in [1.54, 1.807) is 0 Å². The summed E-state index contributed by atoms with van der Waals surface area (Å²) in [7, 11) is 0. The third kappa shape index (κ3) is 5.54. The first kappa shape index (κ1) is 25.6. The Morgan fingerprint density at radius 1 is 1.08 bits per heavy atom. The number of aromatic nitrogens is 5. The van der Waals surface area contributed by atoms with Crippen molar-refractivity contribution in [2.75, 3.05) is 13.2 Å². The first-order valence-corrected chi connectivity index (χ1v) is 14.2. The zero-order valence-corrected chi connectivity index (χ0v) is 22.5. The van der Waals surface area contributed by atoms with Gasteiger partial charge in [-0.2, -0.15) is 0 Å². The predicted octanol–water partition coefficient (Wildman–Crippen LogP) is 4.81. The number of tetrazole rings is 1. The standard InChI is InChI=1S/C30H36N6O3/c1-2-8-26(29-32-33-34-36(29)14-13-21-9-4-3-5-10-21)35(24-11-6-7-12-24)20-23-17-22-18-27-28(39-16-15-38-27)19-25(22)31-30(23)37/h3-5,9-10,17-19,24,26H,2,6-8,11-16,20H2,1H3,(H,31,37)/t26-/m1/s1. The Kier molecular flexibility index (Phi) is 7.58. The van der Waals surface area contributed by atoms with Crippen molar-refractivity contribution in [1.82, 2.24) is 30.1 Å². The lowest BCUT2D eigenvalue weighted by Gasteiger charge is -2.35. The average Bonchev–Trinajstić information content (AvgIpc) is 3.66. The number of benzene rings is 2. The Labute approximate surface area is 228 Å². The maximum absolute atomic E-state index is 13.3. The second-order valence-electron chi connectivity index (χ2n) is 10.6. The van der Waals surface area contributed by atoms with Crippen LogP contribution < -0.4 is 15.0 Å². The monoisotopic (exact) mass is 528 g/mol. The van der Waals surface area contributed by atoms with Crippen molar-refractivity contribution in [3.05, 3.63) is 75.8 Å². The Hall–Kier alpha value is -3.72. The van der Waals surface area contributed by atoms with Crippen molar-refractivity contribution in [2.24, 2.45) is 0 Å². The number of aromatic amines is 1. The SMILES string of the molecule is CCC[C@H](c1nnnn1CCc1ccccc1)N(Cc1cc2cc3c(cc2[nH]c1=O)OCCO3)C1CCCC1. The molecule has 9 nitrogen and oxygen atoms in total. The highest BCUT2D eigenvalue weighted by Gasteiger charge is 2.33. The van der Waals surface area contributed by atoms with Gasteiger partial charge in [0.05, 0.1) is 11.6 Å². The van der Waals surface area contributed by atoms with Crippen LogP contribution in [-0.2, 0) is 19.5 Å². The van der Waals surface area contributed by atoms with Crippen molar-refractivity contribution in [2.45, 2.75) is 77.0 Å². The summed E-state index contributed by atoms with van der Waals surface area (Å²) >= 11 is 0. The van der Waals surface area contributed by atoms with E-state index in [1.165, 1.54) is 18.4 Å². The first-order valence-electron chi connectivity index (χ1n) is 14.2. The molecule has 2 aliphatic rings. The number of hydrogen-bond acceptors (Lipinski definition) is 7.